The number of carbonyl (C=O) groups is 2. The Morgan fingerprint density at radius 1 is 1.10 bits per heavy atom. The van der Waals surface area contributed by atoms with E-state index in [1.165, 1.54) is 22.5 Å². The van der Waals surface area contributed by atoms with Crippen molar-refractivity contribution in [3.63, 3.8) is 0 Å². The lowest BCUT2D eigenvalue weighted by molar-refractivity contribution is 0.0000576. The molecule has 0 radical (unpaired) electrons. The van der Waals surface area contributed by atoms with Gasteiger partial charge in [0.15, 0.2) is 5.72 Å². The van der Waals surface area contributed by atoms with Crippen molar-refractivity contribution in [1.82, 2.24) is 10.2 Å². The quantitative estimate of drug-likeness (QED) is 0.603. The van der Waals surface area contributed by atoms with E-state index in [1.54, 1.807) is 6.07 Å². The van der Waals surface area contributed by atoms with Crippen molar-refractivity contribution >= 4 is 45.0 Å². The van der Waals surface area contributed by atoms with Crippen molar-refractivity contribution in [3.05, 3.63) is 50.1 Å². The number of carbonyl (C=O) groups excluding carboxylic acids is 2. The summed E-state index contributed by atoms with van der Waals surface area (Å²) in [6.07, 6.45) is 4.51. The van der Waals surface area contributed by atoms with Crippen LogP contribution in [0.25, 0.3) is 0 Å². The number of rotatable bonds is 4. The lowest BCUT2D eigenvalue weighted by Gasteiger charge is -2.30. The van der Waals surface area contributed by atoms with Gasteiger partial charge in [-0.2, -0.15) is 0 Å². The van der Waals surface area contributed by atoms with E-state index >= 15 is 0 Å². The van der Waals surface area contributed by atoms with Crippen LogP contribution >= 0.6 is 27.3 Å². The van der Waals surface area contributed by atoms with E-state index in [4.69, 9.17) is 4.74 Å². The average Bonchev–Trinajstić information content (AvgIpc) is 3.30. The lowest BCUT2D eigenvalue weighted by Crippen LogP contribution is -2.50. The molecule has 0 unspecified atom stereocenters. The fraction of sp³-hybridized carbons (Fsp3) is 0.455. The number of amides is 2. The number of nitrogens with zero attached hydrogens (tertiary/aromatic N) is 1. The molecule has 2 N–H and O–H groups in total. The predicted octanol–water partition coefficient (Wildman–Crippen LogP) is 4.79. The van der Waals surface area contributed by atoms with Gasteiger partial charge in [-0.1, -0.05) is 6.07 Å². The van der Waals surface area contributed by atoms with Gasteiger partial charge in [-0.3, -0.25) is 10.1 Å². The van der Waals surface area contributed by atoms with Crippen LogP contribution in [0, 0.1) is 0 Å². The molecule has 30 heavy (non-hydrogen) atoms. The van der Waals surface area contributed by atoms with Crippen molar-refractivity contribution in [2.24, 2.45) is 0 Å². The molecule has 0 atom stereocenters. The average molecular weight is 492 g/mol. The molecular weight excluding hydrogens is 466 g/mol. The van der Waals surface area contributed by atoms with E-state index in [0.29, 0.717) is 17.7 Å². The van der Waals surface area contributed by atoms with Gasteiger partial charge >= 0.3 is 6.09 Å². The zero-order valence-electron chi connectivity index (χ0n) is 17.0. The van der Waals surface area contributed by atoms with Crippen molar-refractivity contribution in [3.8, 4) is 0 Å². The zero-order valence-corrected chi connectivity index (χ0v) is 19.4. The maximum Gasteiger partial charge on any atom is 0.413 e. The number of hydrogen-bond donors (Lipinski definition) is 2. The molecule has 4 rings (SSSR count). The number of thiophene rings is 1. The number of nitrogens with one attached hydrogen (secondary N) is 2. The third kappa shape index (κ3) is 5.04. The topological polar surface area (TPSA) is 70.7 Å². The molecule has 1 fully saturated rings. The summed E-state index contributed by atoms with van der Waals surface area (Å²) in [6, 6.07) is 9.66. The van der Waals surface area contributed by atoms with E-state index in [2.05, 4.69) is 44.6 Å². The van der Waals surface area contributed by atoms with Crippen molar-refractivity contribution < 1.29 is 14.3 Å². The molecule has 160 valence electrons. The van der Waals surface area contributed by atoms with Crippen LogP contribution in [-0.4, -0.2) is 42.8 Å². The van der Waals surface area contributed by atoms with E-state index < -0.39 is 11.8 Å². The first-order valence-electron chi connectivity index (χ1n) is 10.3. The molecule has 1 aliphatic heterocycles. The van der Waals surface area contributed by atoms with Gasteiger partial charge in [0, 0.05) is 31.6 Å². The number of halogens is 1. The Balaban J connectivity index is 1.42. The summed E-state index contributed by atoms with van der Waals surface area (Å²) in [7, 11) is 2.13. The Bertz CT molecular complexity index is 939. The van der Waals surface area contributed by atoms with E-state index in [9.17, 15) is 9.59 Å². The molecule has 0 spiro atoms. The fourth-order valence-corrected chi connectivity index (χ4v) is 5.42. The Hall–Kier alpha value is -1.90. The first kappa shape index (κ1) is 21.3. The lowest BCUT2D eigenvalue weighted by atomic mass is 10.0. The first-order chi connectivity index (χ1) is 14.4. The molecule has 0 bridgehead atoms. The minimum absolute atomic E-state index is 0.213. The maximum atomic E-state index is 12.7. The number of ether oxygens (including phenoxy) is 1. The van der Waals surface area contributed by atoms with Crippen LogP contribution in [0.15, 0.2) is 34.1 Å². The second-order valence-electron chi connectivity index (χ2n) is 8.06. The monoisotopic (exact) mass is 491 g/mol. The van der Waals surface area contributed by atoms with Crippen LogP contribution < -0.4 is 10.6 Å². The van der Waals surface area contributed by atoms with Crippen molar-refractivity contribution in [1.29, 1.82) is 0 Å². The van der Waals surface area contributed by atoms with Crippen LogP contribution in [0.3, 0.4) is 0 Å². The molecular formula is C22H26BrN3O3S. The standard InChI is InChI=1S/C22H26BrN3O3S/c1-26-12-8-15-4-5-17(14-16(15)9-13-26)24-21(28)29-22(10-2-3-11-22)25-20(27)18-6-7-19(23)30-18/h4-7,14H,2-3,8-13H2,1H3,(H,24,28)(H,25,27). The molecule has 1 saturated carbocycles. The first-order valence-corrected chi connectivity index (χ1v) is 11.9. The number of likely N-dealkylation sites (N-methyl/N-ethyl adjacent to an activating group) is 1. The van der Waals surface area contributed by atoms with Gasteiger partial charge in [0.25, 0.3) is 5.91 Å². The highest BCUT2D eigenvalue weighted by Crippen LogP contribution is 2.32. The van der Waals surface area contributed by atoms with Crippen molar-refractivity contribution in [2.45, 2.75) is 44.2 Å². The molecule has 6 nitrogen and oxygen atoms in total. The third-order valence-electron chi connectivity index (χ3n) is 5.82. The summed E-state index contributed by atoms with van der Waals surface area (Å²) >= 11 is 4.74. The normalized spacial score (nSPS) is 18.3. The van der Waals surface area contributed by atoms with Gasteiger partial charge in [0.2, 0.25) is 0 Å². The SMILES string of the molecule is CN1CCc2ccc(NC(=O)OC3(NC(=O)c4ccc(Br)s4)CCCC3)cc2CC1. The highest BCUT2D eigenvalue weighted by Gasteiger charge is 2.39. The molecule has 2 aliphatic rings. The van der Waals surface area contributed by atoms with Gasteiger partial charge in [-0.15, -0.1) is 11.3 Å². The molecule has 2 amide bonds. The van der Waals surface area contributed by atoms with Crippen LogP contribution in [0.1, 0.15) is 46.5 Å². The van der Waals surface area contributed by atoms with Gasteiger partial charge in [-0.05, 0) is 84.1 Å². The molecule has 8 heteroatoms. The van der Waals surface area contributed by atoms with Crippen LogP contribution in [0.5, 0.6) is 0 Å². The van der Waals surface area contributed by atoms with Crippen LogP contribution in [-0.2, 0) is 17.6 Å². The molecule has 0 saturated heterocycles. The Morgan fingerprint density at radius 3 is 2.53 bits per heavy atom. The van der Waals surface area contributed by atoms with Gasteiger partial charge in [0.1, 0.15) is 0 Å². The zero-order chi connectivity index (χ0) is 21.1. The molecule has 2 heterocycles. The van der Waals surface area contributed by atoms with E-state index in [0.717, 1.165) is 48.2 Å². The number of hydrogen-bond acceptors (Lipinski definition) is 5. The summed E-state index contributed by atoms with van der Waals surface area (Å²) in [4.78, 5) is 28.2. The minimum Gasteiger partial charge on any atom is -0.423 e. The van der Waals surface area contributed by atoms with Gasteiger partial charge in [-0.25, -0.2) is 4.79 Å². The predicted molar refractivity (Wildman–Crippen MR) is 122 cm³/mol. The van der Waals surface area contributed by atoms with Crippen molar-refractivity contribution in [2.75, 3.05) is 25.5 Å². The number of fused-ring (bicyclic) bond motifs is 1. The summed E-state index contributed by atoms with van der Waals surface area (Å²) in [5.41, 5.74) is 2.38. The van der Waals surface area contributed by atoms with E-state index in [-0.39, 0.29) is 5.91 Å². The molecule has 1 aromatic heterocycles. The Kier molecular flexibility index (Phi) is 6.46. The minimum atomic E-state index is -0.952. The van der Waals surface area contributed by atoms with Crippen LogP contribution in [0.2, 0.25) is 0 Å². The summed E-state index contributed by atoms with van der Waals surface area (Å²) in [5.74, 6) is -0.213. The van der Waals surface area contributed by atoms with Gasteiger partial charge in [0.05, 0.1) is 8.66 Å². The Labute approximate surface area is 189 Å². The fourth-order valence-electron chi connectivity index (χ4n) is 4.14. The molecule has 1 aliphatic carbocycles. The maximum absolute atomic E-state index is 12.7. The largest absolute Gasteiger partial charge is 0.423 e. The summed E-state index contributed by atoms with van der Waals surface area (Å²) in [6.45, 7) is 2.06. The number of benzene rings is 1. The molecule has 1 aromatic carbocycles. The van der Waals surface area contributed by atoms with Crippen LogP contribution in [0.4, 0.5) is 10.5 Å². The smallest absolute Gasteiger partial charge is 0.413 e. The van der Waals surface area contributed by atoms with E-state index in [1.807, 2.05) is 18.2 Å². The Morgan fingerprint density at radius 2 is 1.83 bits per heavy atom. The third-order valence-corrected chi connectivity index (χ3v) is 7.44. The summed E-state index contributed by atoms with van der Waals surface area (Å²) < 4.78 is 6.68. The second-order valence-corrected chi connectivity index (χ2v) is 10.5. The summed E-state index contributed by atoms with van der Waals surface area (Å²) in [5, 5.41) is 5.83. The van der Waals surface area contributed by atoms with Gasteiger partial charge < -0.3 is 15.0 Å². The number of anilines is 1. The molecule has 2 aromatic rings. The highest BCUT2D eigenvalue weighted by molar-refractivity contribution is 9.11. The highest BCUT2D eigenvalue weighted by atomic mass is 79.9. The second kappa shape index (κ2) is 9.08.